The SMILES string of the molecule is NCCC(=O)N1CCC[C@@H](N2CCN(c3ccccc3)CC2)C1. The van der Waals surface area contributed by atoms with E-state index in [1.54, 1.807) is 0 Å². The van der Waals surface area contributed by atoms with E-state index < -0.39 is 0 Å². The molecule has 0 aromatic heterocycles. The number of piperidine rings is 1. The van der Waals surface area contributed by atoms with Crippen molar-refractivity contribution >= 4 is 11.6 Å². The molecule has 1 aromatic rings. The molecule has 5 heteroatoms. The molecule has 0 bridgehead atoms. The molecule has 1 aromatic carbocycles. The second-order valence-corrected chi connectivity index (χ2v) is 6.53. The molecule has 2 aliphatic rings. The number of piperazine rings is 1. The van der Waals surface area contributed by atoms with E-state index >= 15 is 0 Å². The lowest BCUT2D eigenvalue weighted by Gasteiger charge is -2.44. The maximum Gasteiger partial charge on any atom is 0.223 e. The van der Waals surface area contributed by atoms with Crippen LogP contribution in [-0.2, 0) is 4.79 Å². The van der Waals surface area contributed by atoms with Crippen molar-refractivity contribution in [2.45, 2.75) is 25.3 Å². The zero-order valence-corrected chi connectivity index (χ0v) is 13.9. The minimum Gasteiger partial charge on any atom is -0.369 e. The second-order valence-electron chi connectivity index (χ2n) is 6.53. The molecule has 0 unspecified atom stereocenters. The number of nitrogens with zero attached hydrogens (tertiary/aromatic N) is 3. The molecule has 23 heavy (non-hydrogen) atoms. The molecule has 126 valence electrons. The van der Waals surface area contributed by atoms with Crippen LogP contribution < -0.4 is 10.6 Å². The fourth-order valence-electron chi connectivity index (χ4n) is 3.74. The van der Waals surface area contributed by atoms with E-state index in [0.29, 0.717) is 19.0 Å². The van der Waals surface area contributed by atoms with E-state index in [1.807, 2.05) is 4.90 Å². The lowest BCUT2D eigenvalue weighted by molar-refractivity contribution is -0.133. The second kappa shape index (κ2) is 7.79. The molecule has 5 nitrogen and oxygen atoms in total. The summed E-state index contributed by atoms with van der Waals surface area (Å²) < 4.78 is 0. The van der Waals surface area contributed by atoms with Gasteiger partial charge in [0.2, 0.25) is 5.91 Å². The smallest absolute Gasteiger partial charge is 0.223 e. The number of carbonyl (C=O) groups is 1. The zero-order valence-electron chi connectivity index (χ0n) is 13.9. The Morgan fingerprint density at radius 3 is 2.52 bits per heavy atom. The van der Waals surface area contributed by atoms with E-state index in [1.165, 1.54) is 12.1 Å². The van der Waals surface area contributed by atoms with Gasteiger partial charge in [-0.15, -0.1) is 0 Å². The summed E-state index contributed by atoms with van der Waals surface area (Å²) in [6.07, 6.45) is 2.80. The van der Waals surface area contributed by atoms with E-state index in [-0.39, 0.29) is 5.91 Å². The van der Waals surface area contributed by atoms with Crippen molar-refractivity contribution in [3.05, 3.63) is 30.3 Å². The van der Waals surface area contributed by atoms with Gasteiger partial charge < -0.3 is 15.5 Å². The van der Waals surface area contributed by atoms with Crippen molar-refractivity contribution < 1.29 is 4.79 Å². The van der Waals surface area contributed by atoms with Gasteiger partial charge in [-0.2, -0.15) is 0 Å². The third-order valence-electron chi connectivity index (χ3n) is 5.06. The van der Waals surface area contributed by atoms with Gasteiger partial charge in [0, 0.05) is 64.0 Å². The molecule has 0 saturated carbocycles. The van der Waals surface area contributed by atoms with Crippen LogP contribution in [-0.4, -0.2) is 67.6 Å². The Bertz CT molecular complexity index is 499. The van der Waals surface area contributed by atoms with E-state index in [2.05, 4.69) is 40.1 Å². The number of amides is 1. The Hall–Kier alpha value is -1.59. The average molecular weight is 316 g/mol. The molecule has 2 aliphatic heterocycles. The first-order valence-corrected chi connectivity index (χ1v) is 8.80. The van der Waals surface area contributed by atoms with Crippen LogP contribution in [0.3, 0.4) is 0 Å². The third kappa shape index (κ3) is 4.03. The Morgan fingerprint density at radius 2 is 1.83 bits per heavy atom. The molecule has 1 amide bonds. The average Bonchev–Trinajstić information content (AvgIpc) is 2.63. The Morgan fingerprint density at radius 1 is 1.09 bits per heavy atom. The van der Waals surface area contributed by atoms with Crippen LogP contribution in [0.5, 0.6) is 0 Å². The van der Waals surface area contributed by atoms with Gasteiger partial charge >= 0.3 is 0 Å². The number of likely N-dealkylation sites (tertiary alicyclic amines) is 1. The molecule has 0 spiro atoms. The minimum absolute atomic E-state index is 0.222. The van der Waals surface area contributed by atoms with Crippen molar-refractivity contribution in [2.75, 3.05) is 50.7 Å². The van der Waals surface area contributed by atoms with Crippen molar-refractivity contribution in [3.8, 4) is 0 Å². The van der Waals surface area contributed by atoms with Crippen LogP contribution >= 0.6 is 0 Å². The predicted molar refractivity (Wildman–Crippen MR) is 93.5 cm³/mol. The van der Waals surface area contributed by atoms with Crippen LogP contribution in [0, 0.1) is 0 Å². The van der Waals surface area contributed by atoms with Crippen LogP contribution in [0.1, 0.15) is 19.3 Å². The van der Waals surface area contributed by atoms with Crippen LogP contribution in [0.4, 0.5) is 5.69 Å². The summed E-state index contributed by atoms with van der Waals surface area (Å²) in [6.45, 7) is 6.53. The monoisotopic (exact) mass is 316 g/mol. The lowest BCUT2D eigenvalue weighted by atomic mass is 10.0. The zero-order chi connectivity index (χ0) is 16.1. The number of anilines is 1. The van der Waals surface area contributed by atoms with Crippen molar-refractivity contribution in [3.63, 3.8) is 0 Å². The number of para-hydroxylation sites is 1. The highest BCUT2D eigenvalue weighted by molar-refractivity contribution is 5.76. The molecular formula is C18H28N4O. The summed E-state index contributed by atoms with van der Waals surface area (Å²) in [5, 5.41) is 0. The quantitative estimate of drug-likeness (QED) is 0.905. The van der Waals surface area contributed by atoms with Gasteiger partial charge in [0.15, 0.2) is 0 Å². The number of nitrogens with two attached hydrogens (primary N) is 1. The van der Waals surface area contributed by atoms with E-state index in [0.717, 1.165) is 45.7 Å². The Balaban J connectivity index is 1.52. The Kier molecular flexibility index (Phi) is 5.51. The number of hydrogen-bond acceptors (Lipinski definition) is 4. The number of benzene rings is 1. The molecule has 2 heterocycles. The third-order valence-corrected chi connectivity index (χ3v) is 5.06. The fraction of sp³-hybridized carbons (Fsp3) is 0.611. The first-order valence-electron chi connectivity index (χ1n) is 8.80. The van der Waals surface area contributed by atoms with Gasteiger partial charge in [0.25, 0.3) is 0 Å². The maximum atomic E-state index is 12.1. The molecule has 2 saturated heterocycles. The number of hydrogen-bond donors (Lipinski definition) is 1. The first-order chi connectivity index (χ1) is 11.3. The highest BCUT2D eigenvalue weighted by Gasteiger charge is 2.29. The van der Waals surface area contributed by atoms with Crippen molar-refractivity contribution in [2.24, 2.45) is 5.73 Å². The Labute approximate surface area is 139 Å². The molecular weight excluding hydrogens is 288 g/mol. The van der Waals surface area contributed by atoms with Crippen LogP contribution in [0.2, 0.25) is 0 Å². The topological polar surface area (TPSA) is 52.8 Å². The van der Waals surface area contributed by atoms with Gasteiger partial charge in [0.05, 0.1) is 0 Å². The van der Waals surface area contributed by atoms with E-state index in [4.69, 9.17) is 5.73 Å². The minimum atomic E-state index is 0.222. The van der Waals surface area contributed by atoms with Gasteiger partial charge in [-0.05, 0) is 25.0 Å². The van der Waals surface area contributed by atoms with Crippen LogP contribution in [0.15, 0.2) is 30.3 Å². The largest absolute Gasteiger partial charge is 0.369 e. The standard InChI is InChI=1S/C18H28N4O/c19-9-8-18(23)22-10-4-7-17(15-22)21-13-11-20(12-14-21)16-5-2-1-3-6-16/h1-3,5-6,17H,4,7-15,19H2/t17-/m1/s1. The number of rotatable bonds is 4. The molecule has 0 radical (unpaired) electrons. The molecule has 2 fully saturated rings. The molecule has 0 aliphatic carbocycles. The summed E-state index contributed by atoms with van der Waals surface area (Å²) >= 11 is 0. The summed E-state index contributed by atoms with van der Waals surface area (Å²) in [4.78, 5) is 19.1. The van der Waals surface area contributed by atoms with E-state index in [9.17, 15) is 4.79 Å². The van der Waals surface area contributed by atoms with Gasteiger partial charge in [-0.1, -0.05) is 18.2 Å². The maximum absolute atomic E-state index is 12.1. The normalized spacial score (nSPS) is 23.1. The fourth-order valence-corrected chi connectivity index (χ4v) is 3.74. The highest BCUT2D eigenvalue weighted by Crippen LogP contribution is 2.21. The lowest BCUT2D eigenvalue weighted by Crippen LogP contribution is -2.56. The highest BCUT2D eigenvalue weighted by atomic mass is 16.2. The van der Waals surface area contributed by atoms with Gasteiger partial charge in [-0.25, -0.2) is 0 Å². The van der Waals surface area contributed by atoms with Gasteiger partial charge in [0.1, 0.15) is 0 Å². The number of carbonyl (C=O) groups excluding carboxylic acids is 1. The summed E-state index contributed by atoms with van der Waals surface area (Å²) in [5.41, 5.74) is 6.84. The van der Waals surface area contributed by atoms with Crippen molar-refractivity contribution in [1.29, 1.82) is 0 Å². The van der Waals surface area contributed by atoms with Crippen LogP contribution in [0.25, 0.3) is 0 Å². The summed E-state index contributed by atoms with van der Waals surface area (Å²) in [7, 11) is 0. The molecule has 2 N–H and O–H groups in total. The molecule has 1 atom stereocenters. The van der Waals surface area contributed by atoms with Gasteiger partial charge in [-0.3, -0.25) is 9.69 Å². The summed E-state index contributed by atoms with van der Waals surface area (Å²) in [5.74, 6) is 0.222. The summed E-state index contributed by atoms with van der Waals surface area (Å²) in [6, 6.07) is 11.2. The predicted octanol–water partition coefficient (Wildman–Crippen LogP) is 1.15. The first kappa shape index (κ1) is 16.3. The molecule has 3 rings (SSSR count). The van der Waals surface area contributed by atoms with Crippen molar-refractivity contribution in [1.82, 2.24) is 9.80 Å².